The van der Waals surface area contributed by atoms with Gasteiger partial charge < -0.3 is 0 Å². The average molecular weight is 273 g/mol. The summed E-state index contributed by atoms with van der Waals surface area (Å²) in [6, 6.07) is 0. The van der Waals surface area contributed by atoms with Crippen molar-refractivity contribution in [3.8, 4) is 0 Å². The van der Waals surface area contributed by atoms with Gasteiger partial charge in [-0.25, -0.2) is 0 Å². The zero-order chi connectivity index (χ0) is 9.12. The zero-order valence-electron chi connectivity index (χ0n) is 7.69. The SMILES string of the molecule is CC(C)(C)ONOC(C)(C)I. The van der Waals surface area contributed by atoms with Gasteiger partial charge >= 0.3 is 0 Å². The fraction of sp³-hybridized carbons (Fsp3) is 1.00. The van der Waals surface area contributed by atoms with E-state index < -0.39 is 0 Å². The van der Waals surface area contributed by atoms with Gasteiger partial charge in [-0.05, 0) is 57.2 Å². The maximum atomic E-state index is 5.13. The lowest BCUT2D eigenvalue weighted by atomic mass is 10.2. The second-order valence-corrected chi connectivity index (χ2v) is 6.36. The third kappa shape index (κ3) is 10.6. The van der Waals surface area contributed by atoms with Gasteiger partial charge in [0.2, 0.25) is 0 Å². The summed E-state index contributed by atoms with van der Waals surface area (Å²) in [6.45, 7) is 9.72. The third-order valence-electron chi connectivity index (χ3n) is 0.632. The third-order valence-corrected chi connectivity index (χ3v) is 0.852. The molecule has 0 aliphatic heterocycles. The molecule has 0 aliphatic carbocycles. The van der Waals surface area contributed by atoms with Gasteiger partial charge in [0.1, 0.15) is 3.61 Å². The van der Waals surface area contributed by atoms with Gasteiger partial charge in [0, 0.05) is 0 Å². The Morgan fingerprint density at radius 2 is 1.45 bits per heavy atom. The molecule has 68 valence electrons. The van der Waals surface area contributed by atoms with E-state index in [9.17, 15) is 0 Å². The molecule has 0 amide bonds. The van der Waals surface area contributed by atoms with Crippen LogP contribution in [0.2, 0.25) is 0 Å². The summed E-state index contributed by atoms with van der Waals surface area (Å²) in [5, 5.41) is 0. The van der Waals surface area contributed by atoms with E-state index in [1.807, 2.05) is 34.6 Å². The summed E-state index contributed by atoms with van der Waals surface area (Å²) in [4.78, 5) is 10.2. The summed E-state index contributed by atoms with van der Waals surface area (Å²) < 4.78 is -0.247. The Kier molecular flexibility index (Phi) is 4.24. The van der Waals surface area contributed by atoms with Crippen LogP contribution >= 0.6 is 22.6 Å². The molecule has 0 rings (SSSR count). The minimum Gasteiger partial charge on any atom is -0.271 e. The quantitative estimate of drug-likeness (QED) is 0.486. The van der Waals surface area contributed by atoms with Gasteiger partial charge in [0.15, 0.2) is 0 Å². The number of hydrogen-bond donors (Lipinski definition) is 1. The highest BCUT2D eigenvalue weighted by molar-refractivity contribution is 14.1. The second kappa shape index (κ2) is 4.02. The summed E-state index contributed by atoms with van der Waals surface area (Å²) >= 11 is 2.16. The number of rotatable bonds is 3. The lowest BCUT2D eigenvalue weighted by molar-refractivity contribution is -0.240. The molecule has 0 aliphatic rings. The van der Waals surface area contributed by atoms with E-state index in [4.69, 9.17) is 9.68 Å². The number of hydrogen-bond acceptors (Lipinski definition) is 3. The first-order valence-electron chi connectivity index (χ1n) is 3.51. The van der Waals surface area contributed by atoms with Crippen LogP contribution in [0.25, 0.3) is 0 Å². The van der Waals surface area contributed by atoms with Gasteiger partial charge in [-0.1, -0.05) is 5.64 Å². The van der Waals surface area contributed by atoms with E-state index >= 15 is 0 Å². The van der Waals surface area contributed by atoms with Gasteiger partial charge in [-0.2, -0.15) is 0 Å². The number of halogens is 1. The maximum absolute atomic E-state index is 5.13. The van der Waals surface area contributed by atoms with E-state index in [2.05, 4.69) is 28.2 Å². The first-order valence-corrected chi connectivity index (χ1v) is 4.58. The Morgan fingerprint density at radius 3 is 1.73 bits per heavy atom. The van der Waals surface area contributed by atoms with Crippen molar-refractivity contribution in [3.05, 3.63) is 0 Å². The van der Waals surface area contributed by atoms with Crippen molar-refractivity contribution in [1.82, 2.24) is 5.64 Å². The van der Waals surface area contributed by atoms with Crippen LogP contribution in [0.4, 0.5) is 0 Å². The van der Waals surface area contributed by atoms with Crippen LogP contribution in [-0.4, -0.2) is 9.21 Å². The van der Waals surface area contributed by atoms with Crippen LogP contribution in [0.1, 0.15) is 34.6 Å². The standard InChI is InChI=1S/C7H16INO2/c1-6(2,3)10-9-11-7(4,5)8/h9H,1-5H3. The van der Waals surface area contributed by atoms with Crippen molar-refractivity contribution in [2.75, 3.05) is 0 Å². The second-order valence-electron chi connectivity index (χ2n) is 3.76. The molecule has 0 aromatic rings. The van der Waals surface area contributed by atoms with Crippen molar-refractivity contribution in [2.45, 2.75) is 43.8 Å². The molecule has 0 fully saturated rings. The van der Waals surface area contributed by atoms with E-state index in [0.29, 0.717) is 0 Å². The molecule has 0 unspecified atom stereocenters. The average Bonchev–Trinajstić information content (AvgIpc) is 1.55. The van der Waals surface area contributed by atoms with E-state index in [1.54, 1.807) is 0 Å². The predicted molar refractivity (Wildman–Crippen MR) is 53.2 cm³/mol. The van der Waals surface area contributed by atoms with Crippen LogP contribution in [0.15, 0.2) is 0 Å². The molecule has 1 N–H and O–H groups in total. The van der Waals surface area contributed by atoms with Crippen molar-refractivity contribution in [1.29, 1.82) is 0 Å². The van der Waals surface area contributed by atoms with Gasteiger partial charge in [0.25, 0.3) is 0 Å². The van der Waals surface area contributed by atoms with Crippen molar-refractivity contribution < 1.29 is 9.68 Å². The van der Waals surface area contributed by atoms with Crippen LogP contribution in [0.3, 0.4) is 0 Å². The molecule has 11 heavy (non-hydrogen) atoms. The molecule has 0 radical (unpaired) electrons. The fourth-order valence-electron chi connectivity index (χ4n) is 0.245. The molecule has 3 nitrogen and oxygen atoms in total. The molecular weight excluding hydrogens is 257 g/mol. The molecule has 0 saturated heterocycles. The van der Waals surface area contributed by atoms with E-state index in [1.165, 1.54) is 0 Å². The largest absolute Gasteiger partial charge is 0.271 e. The number of nitrogens with one attached hydrogen (secondary N) is 1. The highest BCUT2D eigenvalue weighted by Gasteiger charge is 2.16. The molecule has 4 heteroatoms. The lowest BCUT2D eigenvalue weighted by Crippen LogP contribution is -2.33. The first-order chi connectivity index (χ1) is 4.71. The molecule has 0 aromatic carbocycles. The molecule has 0 bridgehead atoms. The van der Waals surface area contributed by atoms with Crippen molar-refractivity contribution in [3.63, 3.8) is 0 Å². The Balaban J connectivity index is 3.44. The Morgan fingerprint density at radius 1 is 1.00 bits per heavy atom. The topological polar surface area (TPSA) is 30.5 Å². The summed E-state index contributed by atoms with van der Waals surface area (Å²) in [6.07, 6.45) is 0. The summed E-state index contributed by atoms with van der Waals surface area (Å²) in [5.74, 6) is 0. The molecule has 0 atom stereocenters. The summed E-state index contributed by atoms with van der Waals surface area (Å²) in [7, 11) is 0. The molecule has 0 heterocycles. The van der Waals surface area contributed by atoms with E-state index in [-0.39, 0.29) is 9.21 Å². The van der Waals surface area contributed by atoms with Crippen molar-refractivity contribution >= 4 is 22.6 Å². The molecule has 0 spiro atoms. The van der Waals surface area contributed by atoms with Crippen LogP contribution in [-0.2, 0) is 9.68 Å². The minimum atomic E-state index is -0.247. The monoisotopic (exact) mass is 273 g/mol. The molecule has 0 saturated carbocycles. The maximum Gasteiger partial charge on any atom is 0.137 e. The normalized spacial score (nSPS) is 13.6. The lowest BCUT2D eigenvalue weighted by Gasteiger charge is -2.23. The van der Waals surface area contributed by atoms with Gasteiger partial charge in [-0.3, -0.25) is 9.68 Å². The smallest absolute Gasteiger partial charge is 0.137 e. The van der Waals surface area contributed by atoms with E-state index in [0.717, 1.165) is 0 Å². The minimum absolute atomic E-state index is 0.220. The van der Waals surface area contributed by atoms with Crippen molar-refractivity contribution in [2.24, 2.45) is 0 Å². The highest BCUT2D eigenvalue weighted by Crippen LogP contribution is 2.16. The van der Waals surface area contributed by atoms with Crippen LogP contribution in [0.5, 0.6) is 0 Å². The Labute approximate surface area is 81.9 Å². The fourth-order valence-corrected chi connectivity index (χ4v) is 0.335. The first kappa shape index (κ1) is 11.6. The van der Waals surface area contributed by atoms with Gasteiger partial charge in [0.05, 0.1) is 5.60 Å². The van der Waals surface area contributed by atoms with Crippen LogP contribution in [0, 0.1) is 0 Å². The van der Waals surface area contributed by atoms with Crippen LogP contribution < -0.4 is 5.64 Å². The predicted octanol–water partition coefficient (Wildman–Crippen LogP) is 2.41. The Hall–Kier alpha value is 0.610. The zero-order valence-corrected chi connectivity index (χ0v) is 9.85. The highest BCUT2D eigenvalue weighted by atomic mass is 127. The molecule has 0 aromatic heterocycles. The Bertz CT molecular complexity index is 101. The number of alkyl halides is 1. The summed E-state index contributed by atoms with van der Waals surface area (Å²) in [5.41, 5.74) is 2.24. The van der Waals surface area contributed by atoms with Gasteiger partial charge in [-0.15, -0.1) is 0 Å². The molecular formula is C7H16INO2.